The largest absolute Gasteiger partial charge is 0.339 e. The van der Waals surface area contributed by atoms with Gasteiger partial charge in [-0.25, -0.2) is 0 Å². The first-order valence-corrected chi connectivity index (χ1v) is 8.69. The van der Waals surface area contributed by atoms with Gasteiger partial charge in [0.05, 0.1) is 0 Å². The molecule has 0 bridgehead atoms. The van der Waals surface area contributed by atoms with Gasteiger partial charge in [0.2, 0.25) is 5.91 Å². The lowest BCUT2D eigenvalue weighted by Gasteiger charge is -2.32. The van der Waals surface area contributed by atoms with Crippen molar-refractivity contribution in [2.24, 2.45) is 5.92 Å². The number of likely N-dealkylation sites (tertiary alicyclic amines) is 1. The first-order valence-electron chi connectivity index (χ1n) is 8.69. The first-order chi connectivity index (χ1) is 12.0. The maximum Gasteiger partial charge on any atom is 0.254 e. The summed E-state index contributed by atoms with van der Waals surface area (Å²) in [5, 5.41) is 9.78. The Kier molecular flexibility index (Phi) is 5.16. The highest BCUT2D eigenvalue weighted by molar-refractivity contribution is 5.99. The first kappa shape index (κ1) is 17.2. The summed E-state index contributed by atoms with van der Waals surface area (Å²) in [5.74, 6) is 0.494. The van der Waals surface area contributed by atoms with Gasteiger partial charge in [0.15, 0.2) is 0 Å². The van der Waals surface area contributed by atoms with Crippen LogP contribution in [0.1, 0.15) is 41.4 Å². The number of H-pyrrole nitrogens is 1. The topological polar surface area (TPSA) is 78.1 Å². The zero-order valence-corrected chi connectivity index (χ0v) is 14.7. The van der Waals surface area contributed by atoms with Crippen molar-refractivity contribution in [2.75, 3.05) is 18.4 Å². The van der Waals surface area contributed by atoms with E-state index >= 15 is 0 Å². The van der Waals surface area contributed by atoms with Crippen LogP contribution in [0.4, 0.5) is 5.69 Å². The molecule has 0 atom stereocenters. The minimum atomic E-state index is -0.132. The molecule has 1 saturated heterocycles. The van der Waals surface area contributed by atoms with E-state index in [9.17, 15) is 9.59 Å². The fraction of sp³-hybridized carbons (Fsp3) is 0.421. The summed E-state index contributed by atoms with van der Waals surface area (Å²) in [7, 11) is 0. The van der Waals surface area contributed by atoms with E-state index in [1.807, 2.05) is 36.1 Å². The van der Waals surface area contributed by atoms with Crippen LogP contribution in [-0.4, -0.2) is 40.0 Å². The van der Waals surface area contributed by atoms with Gasteiger partial charge in [0.25, 0.3) is 5.91 Å². The molecule has 1 aromatic carbocycles. The average Bonchev–Trinajstić information content (AvgIpc) is 3.09. The van der Waals surface area contributed by atoms with E-state index in [1.165, 1.54) is 6.92 Å². The fourth-order valence-electron chi connectivity index (χ4n) is 3.41. The summed E-state index contributed by atoms with van der Waals surface area (Å²) < 4.78 is 0. The lowest BCUT2D eigenvalue weighted by molar-refractivity contribution is -0.114. The molecular formula is C19H24N4O2. The molecule has 6 heteroatoms. The average molecular weight is 340 g/mol. The Labute approximate surface area is 147 Å². The van der Waals surface area contributed by atoms with Gasteiger partial charge in [-0.1, -0.05) is 6.07 Å². The van der Waals surface area contributed by atoms with Gasteiger partial charge in [0.1, 0.15) is 0 Å². The minimum Gasteiger partial charge on any atom is -0.339 e. The van der Waals surface area contributed by atoms with Crippen LogP contribution in [-0.2, 0) is 11.2 Å². The Balaban J connectivity index is 1.63. The van der Waals surface area contributed by atoms with Crippen molar-refractivity contribution in [1.82, 2.24) is 15.1 Å². The number of aromatic nitrogens is 2. The Morgan fingerprint density at radius 3 is 2.68 bits per heavy atom. The highest BCUT2D eigenvalue weighted by Crippen LogP contribution is 2.25. The number of carbonyl (C=O) groups excluding carboxylic acids is 2. The van der Waals surface area contributed by atoms with Crippen molar-refractivity contribution in [3.63, 3.8) is 0 Å². The number of hydrogen-bond acceptors (Lipinski definition) is 3. The molecule has 6 nitrogen and oxygen atoms in total. The molecule has 132 valence electrons. The van der Waals surface area contributed by atoms with E-state index in [2.05, 4.69) is 15.5 Å². The van der Waals surface area contributed by atoms with Gasteiger partial charge >= 0.3 is 0 Å². The van der Waals surface area contributed by atoms with Crippen LogP contribution in [0.5, 0.6) is 0 Å². The van der Waals surface area contributed by atoms with E-state index in [0.29, 0.717) is 17.2 Å². The fourth-order valence-corrected chi connectivity index (χ4v) is 3.41. The molecule has 0 saturated carbocycles. The lowest BCUT2D eigenvalue weighted by atomic mass is 9.91. The third-order valence-electron chi connectivity index (χ3n) is 4.84. The Morgan fingerprint density at radius 1 is 1.28 bits per heavy atom. The molecule has 3 rings (SSSR count). The van der Waals surface area contributed by atoms with Crippen molar-refractivity contribution < 1.29 is 9.59 Å². The molecule has 1 aromatic heterocycles. The van der Waals surface area contributed by atoms with Crippen molar-refractivity contribution in [3.8, 4) is 0 Å². The number of nitrogens with zero attached hydrogens (tertiary/aromatic N) is 2. The second kappa shape index (κ2) is 7.51. The molecule has 0 radical (unpaired) electrons. The van der Waals surface area contributed by atoms with Crippen LogP contribution in [0.25, 0.3) is 0 Å². The number of nitrogens with one attached hydrogen (secondary N) is 2. The van der Waals surface area contributed by atoms with Gasteiger partial charge in [-0.3, -0.25) is 14.7 Å². The number of carbonyl (C=O) groups is 2. The molecule has 0 unspecified atom stereocenters. The molecule has 2 amide bonds. The monoisotopic (exact) mass is 340 g/mol. The maximum atomic E-state index is 12.9. The third-order valence-corrected chi connectivity index (χ3v) is 4.84. The molecular weight excluding hydrogens is 316 g/mol. The standard InChI is InChI=1S/C19H24N4O2/c1-13-17(4-3-5-18(13)21-14(2)24)19(25)23-10-7-15(8-11-23)12-16-6-9-20-22-16/h3-6,9,15H,7-8,10-12H2,1-2H3,(H,20,22)(H,21,24). The van der Waals surface area contributed by atoms with Crippen molar-refractivity contribution in [2.45, 2.75) is 33.1 Å². The summed E-state index contributed by atoms with van der Waals surface area (Å²) in [5.41, 5.74) is 3.34. The highest BCUT2D eigenvalue weighted by Gasteiger charge is 2.25. The summed E-state index contributed by atoms with van der Waals surface area (Å²) >= 11 is 0. The summed E-state index contributed by atoms with van der Waals surface area (Å²) in [4.78, 5) is 26.1. The second-order valence-corrected chi connectivity index (χ2v) is 6.68. The van der Waals surface area contributed by atoms with E-state index < -0.39 is 0 Å². The number of aromatic amines is 1. The minimum absolute atomic E-state index is 0.0460. The van der Waals surface area contributed by atoms with Gasteiger partial charge in [0, 0.05) is 43.2 Å². The molecule has 2 N–H and O–H groups in total. The van der Waals surface area contributed by atoms with E-state index in [-0.39, 0.29) is 11.8 Å². The third kappa shape index (κ3) is 4.07. The number of benzene rings is 1. The van der Waals surface area contributed by atoms with Crippen molar-refractivity contribution in [1.29, 1.82) is 0 Å². The van der Waals surface area contributed by atoms with E-state index in [4.69, 9.17) is 0 Å². The number of anilines is 1. The van der Waals surface area contributed by atoms with E-state index in [1.54, 1.807) is 6.20 Å². The molecule has 2 aromatic rings. The molecule has 1 fully saturated rings. The van der Waals surface area contributed by atoms with Crippen LogP contribution in [0.15, 0.2) is 30.5 Å². The summed E-state index contributed by atoms with van der Waals surface area (Å²) in [6.45, 7) is 4.88. The van der Waals surface area contributed by atoms with Crippen molar-refractivity contribution in [3.05, 3.63) is 47.3 Å². The molecule has 0 spiro atoms. The van der Waals surface area contributed by atoms with Crippen LogP contribution < -0.4 is 5.32 Å². The van der Waals surface area contributed by atoms with Crippen LogP contribution in [0.2, 0.25) is 0 Å². The normalized spacial score (nSPS) is 15.2. The van der Waals surface area contributed by atoms with Gasteiger partial charge in [-0.2, -0.15) is 5.10 Å². The lowest BCUT2D eigenvalue weighted by Crippen LogP contribution is -2.39. The Hall–Kier alpha value is -2.63. The quantitative estimate of drug-likeness (QED) is 0.898. The molecule has 2 heterocycles. The highest BCUT2D eigenvalue weighted by atomic mass is 16.2. The van der Waals surface area contributed by atoms with Gasteiger partial charge in [-0.15, -0.1) is 0 Å². The SMILES string of the molecule is CC(=O)Nc1cccc(C(=O)N2CCC(Cc3ccn[nH]3)CC2)c1C. The predicted octanol–water partition coefficient (Wildman–Crippen LogP) is 2.77. The van der Waals surface area contributed by atoms with Crippen LogP contribution >= 0.6 is 0 Å². The smallest absolute Gasteiger partial charge is 0.254 e. The van der Waals surface area contributed by atoms with Gasteiger partial charge in [-0.05, 0) is 55.9 Å². The number of rotatable bonds is 4. The predicted molar refractivity (Wildman–Crippen MR) is 96.4 cm³/mol. The Morgan fingerprint density at radius 2 is 2.04 bits per heavy atom. The molecule has 1 aliphatic rings. The molecule has 1 aliphatic heterocycles. The number of piperidine rings is 1. The molecule has 25 heavy (non-hydrogen) atoms. The maximum absolute atomic E-state index is 12.9. The molecule has 0 aliphatic carbocycles. The number of amides is 2. The summed E-state index contributed by atoms with van der Waals surface area (Å²) in [6.07, 6.45) is 4.75. The number of hydrogen-bond donors (Lipinski definition) is 2. The zero-order chi connectivity index (χ0) is 17.8. The summed E-state index contributed by atoms with van der Waals surface area (Å²) in [6, 6.07) is 7.48. The second-order valence-electron chi connectivity index (χ2n) is 6.68. The van der Waals surface area contributed by atoms with Gasteiger partial charge < -0.3 is 10.2 Å². The van der Waals surface area contributed by atoms with Crippen LogP contribution in [0.3, 0.4) is 0 Å². The van der Waals surface area contributed by atoms with E-state index in [0.717, 1.165) is 43.6 Å². The van der Waals surface area contributed by atoms with Crippen LogP contribution in [0, 0.1) is 12.8 Å². The Bertz CT molecular complexity index is 747. The zero-order valence-electron chi connectivity index (χ0n) is 14.7. The van der Waals surface area contributed by atoms with Crippen molar-refractivity contribution >= 4 is 17.5 Å².